The van der Waals surface area contributed by atoms with Crippen LogP contribution in [0.25, 0.3) is 0 Å². The highest BCUT2D eigenvalue weighted by Crippen LogP contribution is 2.19. The van der Waals surface area contributed by atoms with E-state index in [-0.39, 0.29) is 12.2 Å². The van der Waals surface area contributed by atoms with Gasteiger partial charge in [-0.1, -0.05) is 0 Å². The molecule has 1 rings (SSSR count). The molecule has 1 aliphatic rings. The van der Waals surface area contributed by atoms with Crippen molar-refractivity contribution in [1.82, 2.24) is 5.59 Å². The smallest absolute Gasteiger partial charge is 0.0808 e. The third kappa shape index (κ3) is 2.22. The summed E-state index contributed by atoms with van der Waals surface area (Å²) in [6, 6.07) is 0. The minimum absolute atomic E-state index is 0.127. The van der Waals surface area contributed by atoms with Crippen LogP contribution in [0.15, 0.2) is 0 Å². The lowest BCUT2D eigenvalue weighted by Crippen LogP contribution is -2.33. The standard InChI is InChI=1S/C6H14N2O2/c7-8-10-6-3-1-5(9)2-4-6/h5-6,8-9H,1-4,7H2. The Morgan fingerprint density at radius 3 is 2.40 bits per heavy atom. The first-order valence-corrected chi connectivity index (χ1v) is 3.62. The molecular weight excluding hydrogens is 132 g/mol. The zero-order valence-electron chi connectivity index (χ0n) is 5.92. The van der Waals surface area contributed by atoms with Crippen LogP contribution in [-0.4, -0.2) is 17.3 Å². The molecule has 0 radical (unpaired) electrons. The maximum absolute atomic E-state index is 9.09. The van der Waals surface area contributed by atoms with E-state index in [0.29, 0.717) is 0 Å². The van der Waals surface area contributed by atoms with Crippen LogP contribution in [0.3, 0.4) is 0 Å². The Morgan fingerprint density at radius 1 is 1.30 bits per heavy atom. The Morgan fingerprint density at radius 2 is 1.90 bits per heavy atom. The molecule has 0 aromatic heterocycles. The van der Waals surface area contributed by atoms with Crippen molar-refractivity contribution in [3.05, 3.63) is 0 Å². The van der Waals surface area contributed by atoms with Crippen molar-refractivity contribution in [2.75, 3.05) is 0 Å². The summed E-state index contributed by atoms with van der Waals surface area (Å²) in [5.41, 5.74) is 2.17. The Hall–Kier alpha value is -0.160. The highest BCUT2D eigenvalue weighted by molar-refractivity contribution is 4.70. The molecule has 1 fully saturated rings. The second-order valence-corrected chi connectivity index (χ2v) is 2.67. The fourth-order valence-corrected chi connectivity index (χ4v) is 1.26. The summed E-state index contributed by atoms with van der Waals surface area (Å²) in [7, 11) is 0. The van der Waals surface area contributed by atoms with Gasteiger partial charge >= 0.3 is 0 Å². The lowest BCUT2D eigenvalue weighted by molar-refractivity contribution is -0.0589. The molecule has 0 saturated heterocycles. The monoisotopic (exact) mass is 146 g/mol. The maximum atomic E-state index is 9.09. The molecule has 0 spiro atoms. The molecule has 0 atom stereocenters. The number of hydrogen-bond acceptors (Lipinski definition) is 4. The Balaban J connectivity index is 2.13. The van der Waals surface area contributed by atoms with Crippen molar-refractivity contribution < 1.29 is 9.94 Å². The number of nitrogens with two attached hydrogens (primary N) is 1. The molecule has 4 nitrogen and oxygen atoms in total. The normalized spacial score (nSPS) is 34.2. The molecular formula is C6H14N2O2. The molecule has 1 saturated carbocycles. The van der Waals surface area contributed by atoms with Crippen molar-refractivity contribution in [2.24, 2.45) is 5.84 Å². The highest BCUT2D eigenvalue weighted by atomic mass is 16.7. The van der Waals surface area contributed by atoms with Crippen molar-refractivity contribution in [1.29, 1.82) is 0 Å². The molecule has 0 bridgehead atoms. The second kappa shape index (κ2) is 3.88. The van der Waals surface area contributed by atoms with Crippen LogP contribution in [-0.2, 0) is 4.84 Å². The second-order valence-electron chi connectivity index (χ2n) is 2.67. The van der Waals surface area contributed by atoms with Gasteiger partial charge in [-0.2, -0.15) is 0 Å². The Bertz CT molecular complexity index is 91.7. The number of aliphatic hydroxyl groups is 1. The number of hydrogen-bond donors (Lipinski definition) is 3. The van der Waals surface area contributed by atoms with E-state index in [0.717, 1.165) is 25.7 Å². The van der Waals surface area contributed by atoms with E-state index in [1.807, 2.05) is 0 Å². The summed E-state index contributed by atoms with van der Waals surface area (Å²) >= 11 is 0. The van der Waals surface area contributed by atoms with Crippen LogP contribution in [0.1, 0.15) is 25.7 Å². The van der Waals surface area contributed by atoms with Gasteiger partial charge in [-0.3, -0.25) is 4.84 Å². The van der Waals surface area contributed by atoms with E-state index in [9.17, 15) is 0 Å². The average molecular weight is 146 g/mol. The fraction of sp³-hybridized carbons (Fsp3) is 1.00. The zero-order valence-corrected chi connectivity index (χ0v) is 5.92. The molecule has 0 amide bonds. The van der Waals surface area contributed by atoms with Gasteiger partial charge < -0.3 is 5.11 Å². The van der Waals surface area contributed by atoms with Gasteiger partial charge in [0, 0.05) is 0 Å². The third-order valence-corrected chi connectivity index (χ3v) is 1.88. The Kier molecular flexibility index (Phi) is 3.08. The summed E-state index contributed by atoms with van der Waals surface area (Å²) in [6.07, 6.45) is 3.50. The van der Waals surface area contributed by atoms with E-state index < -0.39 is 0 Å². The van der Waals surface area contributed by atoms with Gasteiger partial charge in [-0.05, 0) is 25.7 Å². The SMILES string of the molecule is NNOC1CCC(O)CC1. The number of hydrazine groups is 1. The van der Waals surface area contributed by atoms with Crippen LogP contribution >= 0.6 is 0 Å². The molecule has 0 aliphatic heterocycles. The minimum Gasteiger partial charge on any atom is -0.393 e. The van der Waals surface area contributed by atoms with Crippen molar-refractivity contribution in [3.63, 3.8) is 0 Å². The van der Waals surface area contributed by atoms with Gasteiger partial charge in [0.25, 0.3) is 0 Å². The van der Waals surface area contributed by atoms with E-state index in [1.165, 1.54) is 0 Å². The summed E-state index contributed by atoms with van der Waals surface area (Å²) in [4.78, 5) is 4.95. The highest BCUT2D eigenvalue weighted by Gasteiger charge is 2.19. The molecule has 0 aromatic carbocycles. The lowest BCUT2D eigenvalue weighted by Gasteiger charge is -2.24. The minimum atomic E-state index is -0.127. The van der Waals surface area contributed by atoms with Crippen LogP contribution in [0, 0.1) is 0 Å². The van der Waals surface area contributed by atoms with Crippen LogP contribution < -0.4 is 11.4 Å². The van der Waals surface area contributed by atoms with Crippen LogP contribution in [0.2, 0.25) is 0 Å². The molecule has 4 N–H and O–H groups in total. The number of nitrogens with one attached hydrogen (secondary N) is 1. The van der Waals surface area contributed by atoms with E-state index in [1.54, 1.807) is 0 Å². The van der Waals surface area contributed by atoms with E-state index >= 15 is 0 Å². The topological polar surface area (TPSA) is 67.5 Å². The van der Waals surface area contributed by atoms with Gasteiger partial charge in [0.05, 0.1) is 12.2 Å². The van der Waals surface area contributed by atoms with E-state index in [2.05, 4.69) is 5.59 Å². The third-order valence-electron chi connectivity index (χ3n) is 1.88. The largest absolute Gasteiger partial charge is 0.393 e. The molecule has 0 unspecified atom stereocenters. The van der Waals surface area contributed by atoms with Crippen molar-refractivity contribution >= 4 is 0 Å². The first-order valence-electron chi connectivity index (χ1n) is 3.62. The average Bonchev–Trinajstić information content (AvgIpc) is 1.95. The van der Waals surface area contributed by atoms with Gasteiger partial charge in [-0.15, -0.1) is 5.59 Å². The number of rotatable bonds is 2. The first kappa shape index (κ1) is 7.94. The summed E-state index contributed by atoms with van der Waals surface area (Å²) in [6.45, 7) is 0. The molecule has 0 aromatic rings. The summed E-state index contributed by atoms with van der Waals surface area (Å²) in [5, 5.41) is 9.09. The molecule has 1 aliphatic carbocycles. The van der Waals surface area contributed by atoms with Gasteiger partial charge in [-0.25, -0.2) is 5.84 Å². The molecule has 60 valence electrons. The lowest BCUT2D eigenvalue weighted by atomic mass is 9.95. The van der Waals surface area contributed by atoms with E-state index in [4.69, 9.17) is 15.8 Å². The van der Waals surface area contributed by atoms with Gasteiger partial charge in [0.15, 0.2) is 0 Å². The number of aliphatic hydroxyl groups excluding tert-OH is 1. The summed E-state index contributed by atoms with van der Waals surface area (Å²) in [5.74, 6) is 4.96. The Labute approximate surface area is 60.3 Å². The van der Waals surface area contributed by atoms with Crippen LogP contribution in [0.4, 0.5) is 0 Å². The zero-order chi connectivity index (χ0) is 7.40. The molecule has 0 heterocycles. The molecule has 10 heavy (non-hydrogen) atoms. The van der Waals surface area contributed by atoms with Gasteiger partial charge in [0.1, 0.15) is 0 Å². The fourth-order valence-electron chi connectivity index (χ4n) is 1.26. The van der Waals surface area contributed by atoms with Crippen molar-refractivity contribution in [3.8, 4) is 0 Å². The van der Waals surface area contributed by atoms with Gasteiger partial charge in [0.2, 0.25) is 0 Å². The summed E-state index contributed by atoms with van der Waals surface area (Å²) < 4.78 is 0. The predicted molar refractivity (Wildman–Crippen MR) is 36.7 cm³/mol. The molecule has 4 heteroatoms. The van der Waals surface area contributed by atoms with Crippen molar-refractivity contribution in [2.45, 2.75) is 37.9 Å². The van der Waals surface area contributed by atoms with Crippen LogP contribution in [0.5, 0.6) is 0 Å². The predicted octanol–water partition coefficient (Wildman–Crippen LogP) is -0.315. The quantitative estimate of drug-likeness (QED) is 0.369. The first-order chi connectivity index (χ1) is 4.83. The maximum Gasteiger partial charge on any atom is 0.0808 e.